The summed E-state index contributed by atoms with van der Waals surface area (Å²) in [5, 5.41) is 3.35. The zero-order chi connectivity index (χ0) is 68.2. The molecule has 0 unspecified atom stereocenters. The highest BCUT2D eigenvalue weighted by Gasteiger charge is 2.31. The lowest BCUT2D eigenvalue weighted by atomic mass is 10.0. The quantitative estimate of drug-likeness (QED) is 0.0833. The predicted molar refractivity (Wildman–Crippen MR) is 377 cm³/mol. The van der Waals surface area contributed by atoms with Crippen molar-refractivity contribution in [1.82, 2.24) is 0 Å². The summed E-state index contributed by atoms with van der Waals surface area (Å²) in [6.45, 7) is 13.4. The van der Waals surface area contributed by atoms with E-state index >= 15 is 0 Å². The van der Waals surface area contributed by atoms with Crippen LogP contribution in [0.2, 0.25) is 40.2 Å². The Hall–Kier alpha value is -4.60. The lowest BCUT2D eigenvalue weighted by Gasteiger charge is -2.08. The summed E-state index contributed by atoms with van der Waals surface area (Å²) in [5.74, 6) is -0.151. The van der Waals surface area contributed by atoms with Crippen LogP contribution >= 0.6 is 163 Å². The smallest absolute Gasteiger partial charge is 0.295 e. The van der Waals surface area contributed by atoms with Gasteiger partial charge in [-0.1, -0.05) is 177 Å². The second kappa shape index (κ2) is 41.1. The van der Waals surface area contributed by atoms with E-state index in [1.54, 1.807) is 99.6 Å². The van der Waals surface area contributed by atoms with Gasteiger partial charge in [0.05, 0.1) is 30.7 Å². The molecule has 8 nitrogen and oxygen atoms in total. The lowest BCUT2D eigenvalue weighted by molar-refractivity contribution is -0.137. The van der Waals surface area contributed by atoms with Crippen LogP contribution in [-0.4, -0.2) is 46.3 Å². The van der Waals surface area contributed by atoms with Gasteiger partial charge in [-0.2, -0.15) is 13.2 Å². The summed E-state index contributed by atoms with van der Waals surface area (Å²) in [4.78, 5) is 86.7. The average Bonchev–Trinajstić information content (AvgIpc) is 3.64. The molecule has 0 amide bonds. The molecule has 0 aliphatic heterocycles. The molecule has 0 aliphatic rings. The summed E-state index contributed by atoms with van der Waals surface area (Å²) >= 11 is 57.4. The summed E-state index contributed by atoms with van der Waals surface area (Å²) in [5.41, 5.74) is 4.25. The van der Waals surface area contributed by atoms with Crippen molar-refractivity contribution in [3.8, 4) is 0 Å². The Bertz CT molecular complexity index is 3590. The molecule has 0 spiro atoms. The summed E-state index contributed by atoms with van der Waals surface area (Å²) in [6.07, 6.45) is -4.39. The molecule has 470 valence electrons. The van der Waals surface area contributed by atoms with E-state index in [9.17, 15) is 51.5 Å². The van der Waals surface area contributed by atoms with Crippen LogP contribution < -0.4 is 0 Å². The number of ketones is 8. The highest BCUT2D eigenvalue weighted by molar-refractivity contribution is 14.1. The summed E-state index contributed by atoms with van der Waals surface area (Å²) < 4.78 is 40.8. The van der Waals surface area contributed by atoms with Gasteiger partial charge in [-0.3, -0.25) is 38.4 Å². The van der Waals surface area contributed by atoms with Crippen molar-refractivity contribution < 1.29 is 51.5 Å². The van der Waals surface area contributed by atoms with Gasteiger partial charge in [0, 0.05) is 76.6 Å². The Labute approximate surface area is 594 Å². The first kappa shape index (κ1) is 82.4. The van der Waals surface area contributed by atoms with Crippen molar-refractivity contribution in [1.29, 1.82) is 0 Å². The molecule has 0 saturated heterocycles. The topological polar surface area (TPSA) is 137 Å². The van der Waals surface area contributed by atoms with Crippen molar-refractivity contribution in [2.24, 2.45) is 0 Å². The molecule has 0 N–H and O–H groups in total. The highest BCUT2D eigenvalue weighted by atomic mass is 127. The van der Waals surface area contributed by atoms with E-state index in [-0.39, 0.29) is 56.9 Å². The molecule has 0 bridgehead atoms. The third-order valence-corrected chi connectivity index (χ3v) is 15.4. The van der Waals surface area contributed by atoms with Crippen molar-refractivity contribution in [3.05, 3.63) is 271 Å². The number of Topliss-reactive ketones (excluding diaryl/α,β-unsaturated/α-hetero) is 8. The molecular weight excluding hydrogens is 1630 g/mol. The number of hydrogen-bond acceptors (Lipinski definition) is 8. The Balaban J connectivity index is 0.000000510. The molecule has 0 radical (unpaired) electrons. The van der Waals surface area contributed by atoms with Crippen LogP contribution in [0.1, 0.15) is 149 Å². The molecule has 0 aliphatic carbocycles. The maximum absolute atomic E-state index is 12.3. The van der Waals surface area contributed by atoms with Gasteiger partial charge in [0.15, 0.2) is 46.3 Å². The number of alkyl halides is 3. The van der Waals surface area contributed by atoms with Gasteiger partial charge in [0.1, 0.15) is 0 Å². The zero-order valence-electron chi connectivity index (χ0n) is 48.4. The summed E-state index contributed by atoms with van der Waals surface area (Å²) in [7, 11) is 0. The van der Waals surface area contributed by atoms with Crippen LogP contribution in [0.15, 0.2) is 171 Å². The molecule has 8 aromatic carbocycles. The number of rotatable bonds is 8. The lowest BCUT2D eigenvalue weighted by Crippen LogP contribution is -2.07. The van der Waals surface area contributed by atoms with E-state index in [4.69, 9.17) is 92.8 Å². The van der Waals surface area contributed by atoms with E-state index in [1.165, 1.54) is 59.7 Å². The van der Waals surface area contributed by atoms with Crippen LogP contribution in [0.5, 0.6) is 0 Å². The van der Waals surface area contributed by atoms with E-state index in [0.29, 0.717) is 68.5 Å². The summed E-state index contributed by atoms with van der Waals surface area (Å²) in [6, 6.07) is 43.2. The molecule has 23 heteroatoms. The molecule has 0 heterocycles. The highest BCUT2D eigenvalue weighted by Crippen LogP contribution is 2.32. The van der Waals surface area contributed by atoms with Crippen LogP contribution in [0.4, 0.5) is 13.2 Å². The van der Waals surface area contributed by atoms with Crippen LogP contribution in [0.25, 0.3) is 0 Å². The SMILES string of the molecule is CC(=O)c1cc(Br)cc(Br)c1.CC(=O)c1cc(C)cc(C(F)(F)F)c1.CC(=O)c1cc(Cl)c(Cl)c(Cl)c1.CC(=O)c1cc(Cl)cc(Cl)c1.CC(=O)c1ccc(Cl)c(Cl)c1.CC(=O)c1cccc(Br)c1.CC(=O)c1cccc(Cl)c1.CC(=O)c1cccc(I)c1. The predicted octanol–water partition coefficient (Wildman–Crippen LogP) is 24.6. The van der Waals surface area contributed by atoms with Crippen molar-refractivity contribution in [2.45, 2.75) is 68.5 Å². The fraction of sp³-hybridized carbons (Fsp3) is 0.152. The number of benzene rings is 8. The van der Waals surface area contributed by atoms with Gasteiger partial charge in [-0.05, 0) is 212 Å². The maximum atomic E-state index is 12.3. The van der Waals surface area contributed by atoms with E-state index < -0.39 is 11.7 Å². The van der Waals surface area contributed by atoms with Gasteiger partial charge in [0.25, 0.3) is 0 Å². The number of halogens is 15. The first-order valence-corrected chi connectivity index (χ1v) is 31.8. The minimum absolute atomic E-state index is 0.0106. The molecule has 89 heavy (non-hydrogen) atoms. The van der Waals surface area contributed by atoms with Gasteiger partial charge < -0.3 is 0 Å². The number of aryl methyl sites for hydroxylation is 1. The van der Waals surface area contributed by atoms with Gasteiger partial charge in [-0.15, -0.1) is 0 Å². The second-order valence-electron chi connectivity index (χ2n) is 18.3. The number of carbonyl (C=O) groups excluding carboxylic acids is 8. The van der Waals surface area contributed by atoms with Crippen molar-refractivity contribution >= 4 is 209 Å². The fourth-order valence-electron chi connectivity index (χ4n) is 6.26. The number of carbonyl (C=O) groups is 8. The molecule has 0 saturated carbocycles. The van der Waals surface area contributed by atoms with Crippen LogP contribution in [-0.2, 0) is 6.18 Å². The molecule has 0 atom stereocenters. The number of hydrogen-bond donors (Lipinski definition) is 0. The first-order chi connectivity index (χ1) is 41.2. The van der Waals surface area contributed by atoms with E-state index in [1.807, 2.05) is 48.5 Å². The Morgan fingerprint density at radius 1 is 0.337 bits per heavy atom. The van der Waals surface area contributed by atoms with Gasteiger partial charge in [0.2, 0.25) is 0 Å². The fourth-order valence-corrected chi connectivity index (χ4v) is 10.1. The van der Waals surface area contributed by atoms with Gasteiger partial charge >= 0.3 is 6.18 Å². The minimum Gasteiger partial charge on any atom is -0.295 e. The first-order valence-electron chi connectivity index (χ1n) is 25.3. The monoisotopic (exact) mass is 1670 g/mol. The molecule has 8 aromatic rings. The van der Waals surface area contributed by atoms with Crippen LogP contribution in [0.3, 0.4) is 0 Å². The molecule has 0 aromatic heterocycles. The normalized spacial score (nSPS) is 9.93. The molecule has 8 rings (SSSR count). The average molecular weight is 1680 g/mol. The van der Waals surface area contributed by atoms with E-state index in [0.717, 1.165) is 40.2 Å². The molecular formula is C66H53Br3Cl8F3IO8. The van der Waals surface area contributed by atoms with Gasteiger partial charge in [-0.25, -0.2) is 0 Å². The van der Waals surface area contributed by atoms with E-state index in [2.05, 4.69) is 70.4 Å². The standard InChI is InChI=1S/C10H9F3O.C8H6Br2O.C8H7BrO.C8H5Cl3O.2C8H6Cl2O.C8H7ClO.C8H7IO/c1-6-3-8(7(2)14)5-9(4-6)10(11,12)13;1-5(11)6-2-7(9)4-8(10)3-6;1-6(10)7-3-2-4-8(9)5-7;1-4(12)5-2-6(9)8(11)7(10)3-5;1-5(11)6-2-7(9)4-8(10)3-6;1-5(11)6-2-3-7(9)8(10)4-6;2*1-6(10)7-3-2-4-8(9)5-7/h3-5H,1-2H3;2-4H,1H3;2-5H,1H3;2-3H,1H3;2*2-4H,1H3;2*2-5H,1H3. The largest absolute Gasteiger partial charge is 0.416 e. The van der Waals surface area contributed by atoms with Crippen molar-refractivity contribution in [3.63, 3.8) is 0 Å². The third kappa shape index (κ3) is 33.5. The second-order valence-corrected chi connectivity index (χ2v) is 25.6. The Morgan fingerprint density at radius 3 is 1.06 bits per heavy atom. The minimum atomic E-state index is -4.39. The van der Waals surface area contributed by atoms with Crippen LogP contribution in [0, 0.1) is 10.5 Å². The molecule has 0 fully saturated rings. The zero-order valence-corrected chi connectivity index (χ0v) is 61.4. The maximum Gasteiger partial charge on any atom is 0.416 e. The Morgan fingerprint density at radius 2 is 0.685 bits per heavy atom. The third-order valence-electron chi connectivity index (χ3n) is 10.8. The van der Waals surface area contributed by atoms with Crippen molar-refractivity contribution in [2.75, 3.05) is 0 Å². The Kier molecular flexibility index (Phi) is 38.0.